The number of nitrogens with zero attached hydrogens (tertiary/aromatic N) is 1. The van der Waals surface area contributed by atoms with Crippen molar-refractivity contribution in [2.24, 2.45) is 0 Å². The van der Waals surface area contributed by atoms with E-state index in [9.17, 15) is 4.79 Å². The average Bonchev–Trinajstić information content (AvgIpc) is 2.97. The number of hydrogen-bond acceptors (Lipinski definition) is 5. The van der Waals surface area contributed by atoms with Crippen molar-refractivity contribution in [2.45, 2.75) is 18.2 Å². The van der Waals surface area contributed by atoms with Crippen molar-refractivity contribution < 1.29 is 9.53 Å². The predicted octanol–water partition coefficient (Wildman–Crippen LogP) is 4.60. The van der Waals surface area contributed by atoms with Gasteiger partial charge in [-0.2, -0.15) is 0 Å². The van der Waals surface area contributed by atoms with E-state index in [0.29, 0.717) is 11.6 Å². The molecule has 0 unspecified atom stereocenters. The zero-order valence-corrected chi connectivity index (χ0v) is 15.2. The van der Waals surface area contributed by atoms with E-state index in [1.165, 1.54) is 16.2 Å². The van der Waals surface area contributed by atoms with Crippen molar-refractivity contribution in [2.75, 3.05) is 18.2 Å². The van der Waals surface area contributed by atoms with Crippen LogP contribution in [-0.4, -0.2) is 23.8 Å². The number of nitrogens with one attached hydrogen (secondary N) is 1. The first-order chi connectivity index (χ1) is 11.7. The van der Waals surface area contributed by atoms with Gasteiger partial charge in [-0.05, 0) is 41.6 Å². The second-order valence-corrected chi connectivity index (χ2v) is 7.52. The summed E-state index contributed by atoms with van der Waals surface area (Å²) in [6.45, 7) is 2.12. The van der Waals surface area contributed by atoms with Crippen LogP contribution in [0.3, 0.4) is 0 Å². The third-order valence-corrected chi connectivity index (χ3v) is 5.27. The van der Waals surface area contributed by atoms with Crippen molar-refractivity contribution in [3.8, 4) is 5.75 Å². The molecule has 0 fully saturated rings. The molecule has 0 aliphatic rings. The maximum Gasteiger partial charge on any atom is 0.230 e. The van der Waals surface area contributed by atoms with Gasteiger partial charge in [-0.1, -0.05) is 30.4 Å². The average molecular weight is 358 g/mol. The maximum absolute atomic E-state index is 12.2. The molecule has 0 saturated carbocycles. The number of benzene rings is 2. The number of thiazole rings is 1. The monoisotopic (exact) mass is 358 g/mol. The fourth-order valence-electron chi connectivity index (χ4n) is 2.30. The molecule has 24 heavy (non-hydrogen) atoms. The van der Waals surface area contributed by atoms with E-state index in [1.54, 1.807) is 18.9 Å². The lowest BCUT2D eigenvalue weighted by Crippen LogP contribution is -2.14. The van der Waals surface area contributed by atoms with Gasteiger partial charge in [-0.15, -0.1) is 11.8 Å². The molecule has 1 heterocycles. The van der Waals surface area contributed by atoms with E-state index in [2.05, 4.69) is 29.4 Å². The molecule has 0 atom stereocenters. The van der Waals surface area contributed by atoms with Gasteiger partial charge in [0.25, 0.3) is 0 Å². The summed E-state index contributed by atoms with van der Waals surface area (Å²) in [5.74, 6) is 1.77. The molecule has 1 N–H and O–H groups in total. The molecular weight excluding hydrogens is 340 g/mol. The first-order valence-corrected chi connectivity index (χ1v) is 9.44. The summed E-state index contributed by atoms with van der Waals surface area (Å²) in [6, 6.07) is 13.8. The van der Waals surface area contributed by atoms with Crippen LogP contribution in [-0.2, 0) is 11.2 Å². The number of carbonyl (C=O) groups is 1. The van der Waals surface area contributed by atoms with Gasteiger partial charge in [0, 0.05) is 4.90 Å². The van der Waals surface area contributed by atoms with Gasteiger partial charge in [0.15, 0.2) is 5.13 Å². The molecule has 124 valence electrons. The molecular formula is C18H18N2O2S2. The van der Waals surface area contributed by atoms with E-state index >= 15 is 0 Å². The Morgan fingerprint density at radius 3 is 2.75 bits per heavy atom. The van der Waals surface area contributed by atoms with E-state index in [-0.39, 0.29) is 5.91 Å². The van der Waals surface area contributed by atoms with E-state index in [0.717, 1.165) is 27.3 Å². The number of anilines is 1. The summed E-state index contributed by atoms with van der Waals surface area (Å²) in [5, 5.41) is 3.49. The molecule has 3 rings (SSSR count). The number of thioether (sulfide) groups is 1. The molecule has 0 spiro atoms. The topological polar surface area (TPSA) is 51.2 Å². The number of aromatic nitrogens is 1. The molecule has 6 heteroatoms. The van der Waals surface area contributed by atoms with Gasteiger partial charge in [0.05, 0.1) is 23.7 Å². The Kier molecular flexibility index (Phi) is 5.37. The Balaban J connectivity index is 1.65. The highest BCUT2D eigenvalue weighted by Gasteiger charge is 2.09. The zero-order valence-electron chi connectivity index (χ0n) is 13.5. The van der Waals surface area contributed by atoms with Crippen LogP contribution in [0.15, 0.2) is 47.4 Å². The summed E-state index contributed by atoms with van der Waals surface area (Å²) < 4.78 is 6.20. The number of fused-ring (bicyclic) bond motifs is 1. The molecule has 0 aliphatic heterocycles. The second kappa shape index (κ2) is 7.68. The van der Waals surface area contributed by atoms with Gasteiger partial charge in [0.2, 0.25) is 5.91 Å². The van der Waals surface area contributed by atoms with E-state index in [4.69, 9.17) is 4.74 Å². The molecule has 0 aliphatic carbocycles. The number of methoxy groups -OCH3 is 1. The molecule has 2 aromatic carbocycles. The minimum absolute atomic E-state index is 0.0584. The van der Waals surface area contributed by atoms with Crippen molar-refractivity contribution in [3.05, 3.63) is 48.0 Å². The molecule has 0 radical (unpaired) electrons. The van der Waals surface area contributed by atoms with Gasteiger partial charge in [-0.25, -0.2) is 4.98 Å². The van der Waals surface area contributed by atoms with Crippen molar-refractivity contribution in [1.82, 2.24) is 4.98 Å². The summed E-state index contributed by atoms with van der Waals surface area (Å²) >= 11 is 3.24. The Morgan fingerprint density at radius 1 is 1.25 bits per heavy atom. The summed E-state index contributed by atoms with van der Waals surface area (Å²) in [6.07, 6.45) is 0.344. The highest BCUT2D eigenvalue weighted by Crippen LogP contribution is 2.29. The highest BCUT2D eigenvalue weighted by molar-refractivity contribution is 7.99. The Hall–Kier alpha value is -2.05. The van der Waals surface area contributed by atoms with Gasteiger partial charge in [-0.3, -0.25) is 4.79 Å². The van der Waals surface area contributed by atoms with Crippen LogP contribution in [0.2, 0.25) is 0 Å². The standard InChI is InChI=1S/C18H18N2O2S2/c1-3-23-14-7-4-12(5-8-14)10-17(21)20-18-19-15-9-6-13(22-2)11-16(15)24-18/h4-9,11H,3,10H2,1-2H3,(H,19,20,21). The number of amides is 1. The number of carbonyl (C=O) groups excluding carboxylic acids is 1. The molecule has 0 bridgehead atoms. The summed E-state index contributed by atoms with van der Waals surface area (Å²) in [4.78, 5) is 17.9. The van der Waals surface area contributed by atoms with Crippen LogP contribution in [0.4, 0.5) is 5.13 Å². The largest absolute Gasteiger partial charge is 0.497 e. The second-order valence-electron chi connectivity index (χ2n) is 5.15. The van der Waals surface area contributed by atoms with Crippen molar-refractivity contribution >= 4 is 44.4 Å². The number of ether oxygens (including phenoxy) is 1. The third-order valence-electron chi connectivity index (χ3n) is 3.44. The van der Waals surface area contributed by atoms with Crippen molar-refractivity contribution in [1.29, 1.82) is 0 Å². The lowest BCUT2D eigenvalue weighted by Gasteiger charge is -2.03. The minimum atomic E-state index is -0.0584. The van der Waals surface area contributed by atoms with Crippen molar-refractivity contribution in [3.63, 3.8) is 0 Å². The molecule has 4 nitrogen and oxygen atoms in total. The Labute approximate surface area is 149 Å². The fourth-order valence-corrected chi connectivity index (χ4v) is 3.88. The van der Waals surface area contributed by atoms with Gasteiger partial charge >= 0.3 is 0 Å². The maximum atomic E-state index is 12.2. The van der Waals surface area contributed by atoms with E-state index in [1.807, 2.05) is 30.3 Å². The highest BCUT2D eigenvalue weighted by atomic mass is 32.2. The molecule has 1 aromatic heterocycles. The SMILES string of the molecule is CCSc1ccc(CC(=O)Nc2nc3ccc(OC)cc3s2)cc1. The lowest BCUT2D eigenvalue weighted by atomic mass is 10.1. The van der Waals surface area contributed by atoms with Crippen LogP contribution in [0, 0.1) is 0 Å². The first-order valence-electron chi connectivity index (χ1n) is 7.64. The summed E-state index contributed by atoms with van der Waals surface area (Å²) in [7, 11) is 1.63. The molecule has 1 amide bonds. The summed E-state index contributed by atoms with van der Waals surface area (Å²) in [5.41, 5.74) is 1.85. The number of hydrogen-bond donors (Lipinski definition) is 1. The smallest absolute Gasteiger partial charge is 0.230 e. The number of rotatable bonds is 6. The van der Waals surface area contributed by atoms with Crippen LogP contribution in [0.1, 0.15) is 12.5 Å². The third kappa shape index (κ3) is 4.07. The lowest BCUT2D eigenvalue weighted by molar-refractivity contribution is -0.115. The Bertz CT molecular complexity index is 844. The molecule has 3 aromatic rings. The van der Waals surface area contributed by atoms with Gasteiger partial charge < -0.3 is 10.1 Å². The molecule has 0 saturated heterocycles. The van der Waals surface area contributed by atoms with Crippen LogP contribution in [0.25, 0.3) is 10.2 Å². The minimum Gasteiger partial charge on any atom is -0.497 e. The fraction of sp³-hybridized carbons (Fsp3) is 0.222. The van der Waals surface area contributed by atoms with Crippen LogP contribution in [0.5, 0.6) is 5.75 Å². The van der Waals surface area contributed by atoms with Gasteiger partial charge in [0.1, 0.15) is 5.75 Å². The van der Waals surface area contributed by atoms with Crippen LogP contribution >= 0.6 is 23.1 Å². The van der Waals surface area contributed by atoms with E-state index < -0.39 is 0 Å². The normalized spacial score (nSPS) is 10.8. The Morgan fingerprint density at radius 2 is 2.04 bits per heavy atom. The quantitative estimate of drug-likeness (QED) is 0.654. The zero-order chi connectivity index (χ0) is 16.9. The first kappa shape index (κ1) is 16.8. The predicted molar refractivity (Wildman–Crippen MR) is 101 cm³/mol. The van der Waals surface area contributed by atoms with Crippen LogP contribution < -0.4 is 10.1 Å².